The highest BCUT2D eigenvalue weighted by Gasteiger charge is 2.26. The molecule has 0 saturated carbocycles. The van der Waals surface area contributed by atoms with E-state index in [4.69, 9.17) is 4.74 Å². The largest absolute Gasteiger partial charge is 0.458 e. The van der Waals surface area contributed by atoms with E-state index in [9.17, 15) is 9.18 Å². The Morgan fingerprint density at radius 1 is 1.32 bits per heavy atom. The van der Waals surface area contributed by atoms with Gasteiger partial charge in [0, 0.05) is 12.2 Å². The van der Waals surface area contributed by atoms with Gasteiger partial charge in [0.2, 0.25) is 0 Å². The van der Waals surface area contributed by atoms with Crippen LogP contribution in [0.3, 0.4) is 0 Å². The molecule has 0 aliphatic rings. The van der Waals surface area contributed by atoms with Crippen molar-refractivity contribution in [1.82, 2.24) is 0 Å². The maximum atomic E-state index is 12.9. The van der Waals surface area contributed by atoms with E-state index in [1.54, 1.807) is 19.1 Å². The molecule has 0 saturated heterocycles. The summed E-state index contributed by atoms with van der Waals surface area (Å²) in [5.41, 5.74) is 0.301. The second kappa shape index (κ2) is 6.04. The highest BCUT2D eigenvalue weighted by Crippen LogP contribution is 2.19. The molecule has 0 fully saturated rings. The molecule has 0 N–H and O–H groups in total. The Kier molecular flexibility index (Phi) is 4.92. The first-order chi connectivity index (χ1) is 8.74. The number of esters is 1. The molecule has 0 aliphatic heterocycles. The highest BCUT2D eigenvalue weighted by molar-refractivity contribution is 5.80. The smallest absolute Gasteiger partial charge is 0.328 e. The van der Waals surface area contributed by atoms with Crippen LogP contribution in [0.15, 0.2) is 24.3 Å². The Hall–Kier alpha value is -1.58. The number of carbonyl (C=O) groups excluding carboxylic acids is 1. The molecule has 19 heavy (non-hydrogen) atoms. The number of benzene rings is 1. The lowest BCUT2D eigenvalue weighted by molar-refractivity contribution is -0.156. The normalized spacial score (nSPS) is 12.9. The van der Waals surface area contributed by atoms with Crippen LogP contribution in [0.25, 0.3) is 0 Å². The Morgan fingerprint density at radius 2 is 1.84 bits per heavy atom. The van der Waals surface area contributed by atoms with E-state index in [-0.39, 0.29) is 11.8 Å². The summed E-state index contributed by atoms with van der Waals surface area (Å²) in [7, 11) is 0. The second-order valence-corrected chi connectivity index (χ2v) is 5.47. The van der Waals surface area contributed by atoms with Gasteiger partial charge >= 0.3 is 5.97 Å². The first-order valence-corrected chi connectivity index (χ1v) is 6.49. The molecule has 0 amide bonds. The van der Waals surface area contributed by atoms with E-state index in [1.807, 2.05) is 32.6 Å². The Morgan fingerprint density at radius 3 is 2.26 bits per heavy atom. The van der Waals surface area contributed by atoms with Crippen molar-refractivity contribution in [3.63, 3.8) is 0 Å². The van der Waals surface area contributed by atoms with Gasteiger partial charge in [-0.2, -0.15) is 0 Å². The van der Waals surface area contributed by atoms with Crippen molar-refractivity contribution in [3.8, 4) is 0 Å². The third kappa shape index (κ3) is 4.54. The summed E-state index contributed by atoms with van der Waals surface area (Å²) in [6.45, 7) is 9.90. The third-order valence-electron chi connectivity index (χ3n) is 2.71. The first-order valence-electron chi connectivity index (χ1n) is 6.49. The topological polar surface area (TPSA) is 29.5 Å². The molecule has 0 aliphatic carbocycles. The number of hydrogen-bond acceptors (Lipinski definition) is 3. The lowest BCUT2D eigenvalue weighted by Crippen LogP contribution is -2.42. The van der Waals surface area contributed by atoms with Crippen LogP contribution in [0.2, 0.25) is 0 Å². The average molecular weight is 267 g/mol. The fourth-order valence-electron chi connectivity index (χ4n) is 1.83. The molecule has 0 spiro atoms. The van der Waals surface area contributed by atoms with Crippen molar-refractivity contribution in [2.45, 2.75) is 46.3 Å². The van der Waals surface area contributed by atoms with Gasteiger partial charge in [-0.1, -0.05) is 0 Å². The minimum atomic E-state index is -0.506. The van der Waals surface area contributed by atoms with Crippen LogP contribution in [0.5, 0.6) is 0 Å². The molecule has 106 valence electrons. The van der Waals surface area contributed by atoms with E-state index >= 15 is 0 Å². The van der Waals surface area contributed by atoms with Gasteiger partial charge in [-0.15, -0.1) is 0 Å². The van der Waals surface area contributed by atoms with Gasteiger partial charge in [-0.05, 0) is 58.9 Å². The molecular formula is C15H22FNO2. The molecular weight excluding hydrogens is 245 g/mol. The lowest BCUT2D eigenvalue weighted by atomic mass is 10.1. The van der Waals surface area contributed by atoms with Crippen molar-refractivity contribution in [1.29, 1.82) is 0 Å². The lowest BCUT2D eigenvalue weighted by Gasteiger charge is -2.31. The van der Waals surface area contributed by atoms with Crippen molar-refractivity contribution >= 4 is 11.7 Å². The zero-order valence-corrected chi connectivity index (χ0v) is 12.2. The predicted molar refractivity (Wildman–Crippen MR) is 74.7 cm³/mol. The van der Waals surface area contributed by atoms with Gasteiger partial charge < -0.3 is 9.64 Å². The summed E-state index contributed by atoms with van der Waals surface area (Å²) in [5.74, 6) is -0.566. The van der Waals surface area contributed by atoms with Crippen molar-refractivity contribution < 1.29 is 13.9 Å². The molecule has 1 atom stereocenters. The van der Waals surface area contributed by atoms with Gasteiger partial charge in [-0.25, -0.2) is 9.18 Å². The van der Waals surface area contributed by atoms with Gasteiger partial charge in [0.15, 0.2) is 0 Å². The molecule has 1 aromatic carbocycles. The maximum Gasteiger partial charge on any atom is 0.328 e. The van der Waals surface area contributed by atoms with E-state index in [1.165, 1.54) is 12.1 Å². The predicted octanol–water partition coefficient (Wildman–Crippen LogP) is 3.38. The van der Waals surface area contributed by atoms with Crippen LogP contribution < -0.4 is 4.90 Å². The summed E-state index contributed by atoms with van der Waals surface area (Å²) in [6.07, 6.45) is 0. The van der Waals surface area contributed by atoms with E-state index in [0.29, 0.717) is 6.54 Å². The van der Waals surface area contributed by atoms with Crippen LogP contribution in [-0.2, 0) is 9.53 Å². The van der Waals surface area contributed by atoms with Crippen molar-refractivity contribution in [3.05, 3.63) is 30.1 Å². The van der Waals surface area contributed by atoms with E-state index in [0.717, 1.165) is 5.69 Å². The van der Waals surface area contributed by atoms with Gasteiger partial charge in [0.25, 0.3) is 0 Å². The first kappa shape index (κ1) is 15.5. The summed E-state index contributed by atoms with van der Waals surface area (Å²) in [5, 5.41) is 0. The third-order valence-corrected chi connectivity index (χ3v) is 2.71. The molecule has 0 bridgehead atoms. The molecule has 0 heterocycles. The van der Waals surface area contributed by atoms with Crippen LogP contribution >= 0.6 is 0 Å². The molecule has 1 rings (SSSR count). The minimum Gasteiger partial charge on any atom is -0.458 e. The summed E-state index contributed by atoms with van der Waals surface area (Å²) in [4.78, 5) is 13.9. The Bertz CT molecular complexity index is 423. The SMILES string of the molecule is CCN(c1ccc(F)cc1)C(C)C(=O)OC(C)(C)C. The Balaban J connectivity index is 2.85. The molecule has 1 unspecified atom stereocenters. The molecule has 0 radical (unpaired) electrons. The van der Waals surface area contributed by atoms with Crippen molar-refractivity contribution in [2.75, 3.05) is 11.4 Å². The highest BCUT2D eigenvalue weighted by atomic mass is 19.1. The number of anilines is 1. The fraction of sp³-hybridized carbons (Fsp3) is 0.533. The zero-order chi connectivity index (χ0) is 14.6. The molecule has 4 heteroatoms. The molecule has 1 aromatic rings. The average Bonchev–Trinajstić information content (AvgIpc) is 2.30. The standard InChI is InChI=1S/C15H22FNO2/c1-6-17(13-9-7-12(16)8-10-13)11(2)14(18)19-15(3,4)5/h7-11H,6H2,1-5H3. The number of carbonyl (C=O) groups is 1. The van der Waals surface area contributed by atoms with Gasteiger partial charge in [0.05, 0.1) is 0 Å². The molecule has 3 nitrogen and oxygen atoms in total. The van der Waals surface area contributed by atoms with Crippen LogP contribution in [0.4, 0.5) is 10.1 Å². The summed E-state index contributed by atoms with van der Waals surface area (Å²) < 4.78 is 18.3. The van der Waals surface area contributed by atoms with E-state index in [2.05, 4.69) is 0 Å². The van der Waals surface area contributed by atoms with Gasteiger partial charge in [0.1, 0.15) is 17.5 Å². The minimum absolute atomic E-state index is 0.279. The number of likely N-dealkylation sites (N-methyl/N-ethyl adjacent to an activating group) is 1. The van der Waals surface area contributed by atoms with Gasteiger partial charge in [-0.3, -0.25) is 0 Å². The van der Waals surface area contributed by atoms with Crippen molar-refractivity contribution in [2.24, 2.45) is 0 Å². The van der Waals surface area contributed by atoms with Crippen LogP contribution in [0.1, 0.15) is 34.6 Å². The quantitative estimate of drug-likeness (QED) is 0.783. The number of hydrogen-bond donors (Lipinski definition) is 0. The monoisotopic (exact) mass is 267 g/mol. The van der Waals surface area contributed by atoms with Crippen LogP contribution in [0, 0.1) is 5.82 Å². The van der Waals surface area contributed by atoms with E-state index < -0.39 is 11.6 Å². The summed E-state index contributed by atoms with van der Waals surface area (Å²) >= 11 is 0. The molecule has 0 aromatic heterocycles. The zero-order valence-electron chi connectivity index (χ0n) is 12.2. The number of rotatable bonds is 4. The fourth-order valence-corrected chi connectivity index (χ4v) is 1.83. The summed E-state index contributed by atoms with van der Waals surface area (Å²) in [6, 6.07) is 5.70. The Labute approximate surface area is 114 Å². The second-order valence-electron chi connectivity index (χ2n) is 5.47. The number of halogens is 1. The maximum absolute atomic E-state index is 12.9. The van der Waals surface area contributed by atoms with Crippen LogP contribution in [-0.4, -0.2) is 24.2 Å². The number of nitrogens with zero attached hydrogens (tertiary/aromatic N) is 1. The number of ether oxygens (including phenoxy) is 1.